The Bertz CT molecular complexity index is 521. The number of hydrogen-bond donors (Lipinski definition) is 1. The first-order valence-corrected chi connectivity index (χ1v) is 7.45. The van der Waals surface area contributed by atoms with Crippen LogP contribution in [0.25, 0.3) is 0 Å². The van der Waals surface area contributed by atoms with Gasteiger partial charge in [0.15, 0.2) is 17.4 Å². The molecule has 0 heterocycles. The van der Waals surface area contributed by atoms with Crippen molar-refractivity contribution in [1.82, 2.24) is 5.32 Å². The fourth-order valence-corrected chi connectivity index (χ4v) is 2.20. The van der Waals surface area contributed by atoms with Gasteiger partial charge in [-0.25, -0.2) is 8.78 Å². The number of rotatable bonds is 8. The van der Waals surface area contributed by atoms with Crippen LogP contribution in [0.2, 0.25) is 0 Å². The lowest BCUT2D eigenvalue weighted by atomic mass is 9.99. The Morgan fingerprint density at radius 2 is 1.95 bits per heavy atom. The van der Waals surface area contributed by atoms with Crippen molar-refractivity contribution < 1.29 is 22.7 Å². The first-order chi connectivity index (χ1) is 10.5. The lowest BCUT2D eigenvalue weighted by molar-refractivity contribution is 0.0940. The van der Waals surface area contributed by atoms with Crippen LogP contribution < -0.4 is 10.1 Å². The van der Waals surface area contributed by atoms with Gasteiger partial charge >= 0.3 is 0 Å². The zero-order valence-electron chi connectivity index (χ0n) is 13.1. The third-order valence-corrected chi connectivity index (χ3v) is 3.66. The lowest BCUT2D eigenvalue weighted by Crippen LogP contribution is -2.30. The van der Waals surface area contributed by atoms with Crippen LogP contribution in [0.15, 0.2) is 6.07 Å². The van der Waals surface area contributed by atoms with E-state index >= 15 is 0 Å². The van der Waals surface area contributed by atoms with E-state index in [1.165, 1.54) is 0 Å². The number of benzene rings is 1. The minimum absolute atomic E-state index is 0.277. The van der Waals surface area contributed by atoms with Crippen molar-refractivity contribution in [3.63, 3.8) is 0 Å². The highest BCUT2D eigenvalue weighted by Gasteiger charge is 2.23. The van der Waals surface area contributed by atoms with Crippen molar-refractivity contribution in [2.75, 3.05) is 13.7 Å². The molecular formula is C16H22F3NO2. The van der Waals surface area contributed by atoms with Gasteiger partial charge in [0.25, 0.3) is 5.91 Å². The van der Waals surface area contributed by atoms with Crippen LogP contribution in [0, 0.1) is 23.4 Å². The average Bonchev–Trinajstić information content (AvgIpc) is 2.51. The molecule has 3 nitrogen and oxygen atoms in total. The van der Waals surface area contributed by atoms with Crippen LogP contribution >= 0.6 is 0 Å². The number of hydrogen-bond acceptors (Lipinski definition) is 2. The van der Waals surface area contributed by atoms with Crippen molar-refractivity contribution in [3.8, 4) is 5.75 Å². The number of nitrogens with one attached hydrogen (secondary N) is 1. The summed E-state index contributed by atoms with van der Waals surface area (Å²) < 4.78 is 45.2. The van der Waals surface area contributed by atoms with Crippen molar-refractivity contribution in [3.05, 3.63) is 29.1 Å². The second-order valence-electron chi connectivity index (χ2n) is 5.19. The predicted octanol–water partition coefficient (Wildman–Crippen LogP) is 4.06. The fraction of sp³-hybridized carbons (Fsp3) is 0.562. The van der Waals surface area contributed by atoms with E-state index in [1.807, 2.05) is 6.92 Å². The largest absolute Gasteiger partial charge is 0.491 e. The molecule has 0 aromatic heterocycles. The number of ether oxygens (including phenoxy) is 1. The maximum absolute atomic E-state index is 14.0. The van der Waals surface area contributed by atoms with Crippen LogP contribution in [0.3, 0.4) is 0 Å². The topological polar surface area (TPSA) is 38.3 Å². The molecular weight excluding hydrogens is 295 g/mol. The second kappa shape index (κ2) is 8.66. The van der Waals surface area contributed by atoms with E-state index in [0.717, 1.165) is 32.8 Å². The van der Waals surface area contributed by atoms with Crippen molar-refractivity contribution in [1.29, 1.82) is 0 Å². The molecule has 6 heteroatoms. The summed E-state index contributed by atoms with van der Waals surface area (Å²) in [4.78, 5) is 12.0. The maximum atomic E-state index is 14.0. The minimum Gasteiger partial charge on any atom is -0.491 e. The Morgan fingerprint density at radius 1 is 1.27 bits per heavy atom. The quantitative estimate of drug-likeness (QED) is 0.734. The van der Waals surface area contributed by atoms with Crippen LogP contribution in [0.4, 0.5) is 13.2 Å². The van der Waals surface area contributed by atoms with Gasteiger partial charge in [-0.2, -0.15) is 4.39 Å². The molecule has 22 heavy (non-hydrogen) atoms. The molecule has 0 aliphatic heterocycles. The number of halogens is 3. The number of carbonyl (C=O) groups is 1. The van der Waals surface area contributed by atoms with E-state index in [1.54, 1.807) is 0 Å². The fourth-order valence-electron chi connectivity index (χ4n) is 2.20. The van der Waals surface area contributed by atoms with Gasteiger partial charge in [-0.15, -0.1) is 0 Å². The summed E-state index contributed by atoms with van der Waals surface area (Å²) in [5.74, 6) is -5.33. The normalized spacial score (nSPS) is 12.1. The van der Waals surface area contributed by atoms with Crippen LogP contribution in [-0.4, -0.2) is 19.6 Å². The van der Waals surface area contributed by atoms with Crippen molar-refractivity contribution in [2.45, 2.75) is 39.5 Å². The van der Waals surface area contributed by atoms with Gasteiger partial charge in [0.05, 0.1) is 12.7 Å². The van der Waals surface area contributed by atoms with Crippen LogP contribution in [0.1, 0.15) is 49.9 Å². The molecule has 0 saturated carbocycles. The summed E-state index contributed by atoms with van der Waals surface area (Å²) in [6.45, 7) is 4.46. The minimum atomic E-state index is -1.44. The second-order valence-corrected chi connectivity index (χ2v) is 5.19. The van der Waals surface area contributed by atoms with Gasteiger partial charge in [-0.3, -0.25) is 4.79 Å². The van der Waals surface area contributed by atoms with Crippen LogP contribution in [0.5, 0.6) is 5.75 Å². The molecule has 1 N–H and O–H groups in total. The Kier molecular flexibility index (Phi) is 7.21. The summed E-state index contributed by atoms with van der Waals surface area (Å²) in [6, 6.07) is 0.551. The average molecular weight is 317 g/mol. The molecule has 1 aromatic carbocycles. The van der Waals surface area contributed by atoms with E-state index in [0.29, 0.717) is 12.6 Å². The van der Waals surface area contributed by atoms with E-state index in [2.05, 4.69) is 17.0 Å². The van der Waals surface area contributed by atoms with Crippen molar-refractivity contribution in [2.24, 2.45) is 5.92 Å². The molecule has 0 bridgehead atoms. The standard InChI is InChI=1S/C16H22F3NO2/c1-4-6-7-10(5-2)9-20-16(21)11-8-12(17)14(19)15(22-3)13(11)18/h8,10H,4-7,9H2,1-3H3,(H,20,21). The third kappa shape index (κ3) is 4.39. The smallest absolute Gasteiger partial charge is 0.254 e. The first-order valence-electron chi connectivity index (χ1n) is 7.45. The molecule has 0 spiro atoms. The third-order valence-electron chi connectivity index (χ3n) is 3.66. The highest BCUT2D eigenvalue weighted by atomic mass is 19.2. The summed E-state index contributed by atoms with van der Waals surface area (Å²) in [6.07, 6.45) is 3.93. The van der Waals surface area contributed by atoms with Gasteiger partial charge in [0.2, 0.25) is 5.82 Å². The van der Waals surface area contributed by atoms with E-state index < -0.39 is 34.7 Å². The van der Waals surface area contributed by atoms with Gasteiger partial charge in [0, 0.05) is 6.54 Å². The summed E-state index contributed by atoms with van der Waals surface area (Å²) in [5, 5.41) is 2.57. The molecule has 0 radical (unpaired) electrons. The molecule has 1 atom stereocenters. The SMILES string of the molecule is CCCCC(CC)CNC(=O)c1cc(F)c(F)c(OC)c1F. The van der Waals surface area contributed by atoms with Crippen LogP contribution in [-0.2, 0) is 0 Å². The molecule has 0 aliphatic rings. The van der Waals surface area contributed by atoms with E-state index in [9.17, 15) is 18.0 Å². The Balaban J connectivity index is 2.83. The Hall–Kier alpha value is -1.72. The highest BCUT2D eigenvalue weighted by molar-refractivity contribution is 5.95. The highest BCUT2D eigenvalue weighted by Crippen LogP contribution is 2.27. The van der Waals surface area contributed by atoms with Crippen molar-refractivity contribution >= 4 is 5.91 Å². The summed E-state index contributed by atoms with van der Waals surface area (Å²) in [7, 11) is 1.01. The van der Waals surface area contributed by atoms with E-state index in [-0.39, 0.29) is 5.92 Å². The monoisotopic (exact) mass is 317 g/mol. The molecule has 1 amide bonds. The first kappa shape index (κ1) is 18.3. The zero-order valence-corrected chi connectivity index (χ0v) is 13.1. The van der Waals surface area contributed by atoms with Gasteiger partial charge in [-0.1, -0.05) is 33.1 Å². The van der Waals surface area contributed by atoms with Gasteiger partial charge < -0.3 is 10.1 Å². The summed E-state index contributed by atoms with van der Waals surface area (Å²) in [5.41, 5.74) is -0.555. The van der Waals surface area contributed by atoms with E-state index in [4.69, 9.17) is 0 Å². The molecule has 0 aliphatic carbocycles. The molecule has 1 rings (SSSR count). The molecule has 124 valence electrons. The Morgan fingerprint density at radius 3 is 2.50 bits per heavy atom. The zero-order chi connectivity index (χ0) is 16.7. The predicted molar refractivity (Wildman–Crippen MR) is 78.5 cm³/mol. The van der Waals surface area contributed by atoms with Gasteiger partial charge in [-0.05, 0) is 18.4 Å². The summed E-state index contributed by atoms with van der Waals surface area (Å²) >= 11 is 0. The van der Waals surface area contributed by atoms with Gasteiger partial charge in [0.1, 0.15) is 0 Å². The number of methoxy groups -OCH3 is 1. The number of unbranched alkanes of at least 4 members (excludes halogenated alkanes) is 1. The maximum Gasteiger partial charge on any atom is 0.254 e. The lowest BCUT2D eigenvalue weighted by Gasteiger charge is -2.16. The number of amides is 1. The molecule has 0 saturated heterocycles. The molecule has 0 fully saturated rings. The molecule has 1 unspecified atom stereocenters. The molecule has 1 aromatic rings. The number of carbonyl (C=O) groups excluding carboxylic acids is 1. The Labute approximate surface area is 128 Å².